The Labute approximate surface area is 126 Å². The lowest BCUT2D eigenvalue weighted by Gasteiger charge is -2.43. The molecule has 1 aromatic rings. The third-order valence-corrected chi connectivity index (χ3v) is 5.93. The Bertz CT molecular complexity index is 549. The van der Waals surface area contributed by atoms with Gasteiger partial charge >= 0.3 is 0 Å². The topological polar surface area (TPSA) is 29.1 Å². The number of hydrogen-bond donors (Lipinski definition) is 2. The van der Waals surface area contributed by atoms with E-state index in [-0.39, 0.29) is 22.8 Å². The van der Waals surface area contributed by atoms with Crippen LogP contribution in [0.15, 0.2) is 29.2 Å². The zero-order valence-corrected chi connectivity index (χ0v) is 13.3. The van der Waals surface area contributed by atoms with Crippen molar-refractivity contribution in [1.29, 1.82) is 0 Å². The smallest absolute Gasteiger partial charge is 0.251 e. The fraction of sp³-hybridized carbons (Fsp3) is 0.588. The molecule has 0 heterocycles. The molecule has 2 nitrogen and oxygen atoms in total. The second kappa shape index (κ2) is 4.52. The van der Waals surface area contributed by atoms with Crippen LogP contribution in [-0.4, -0.2) is 11.9 Å². The second-order valence-corrected chi connectivity index (χ2v) is 7.89. The van der Waals surface area contributed by atoms with Crippen LogP contribution in [-0.2, 0) is 0 Å². The molecule has 2 aliphatic carbocycles. The van der Waals surface area contributed by atoms with Crippen LogP contribution in [0.3, 0.4) is 0 Å². The Balaban J connectivity index is 1.82. The Morgan fingerprint density at radius 1 is 1.35 bits per heavy atom. The van der Waals surface area contributed by atoms with Crippen molar-refractivity contribution >= 4 is 18.5 Å². The Morgan fingerprint density at radius 2 is 2.10 bits per heavy atom. The highest BCUT2D eigenvalue weighted by atomic mass is 32.1. The third-order valence-electron chi connectivity index (χ3n) is 5.65. The number of carbonyl (C=O) groups excluding carboxylic acids is 1. The van der Waals surface area contributed by atoms with E-state index >= 15 is 0 Å². The predicted molar refractivity (Wildman–Crippen MR) is 84.2 cm³/mol. The SMILES string of the molecule is CC12CCC(C1)C(C)(C)C2NC(=O)c1cccc(S)c1. The first-order chi connectivity index (χ1) is 9.33. The lowest BCUT2D eigenvalue weighted by Crippen LogP contribution is -2.52. The van der Waals surface area contributed by atoms with Crippen molar-refractivity contribution < 1.29 is 4.79 Å². The third kappa shape index (κ3) is 2.07. The minimum absolute atomic E-state index is 0.0350. The van der Waals surface area contributed by atoms with Crippen LogP contribution >= 0.6 is 12.6 Å². The lowest BCUT2D eigenvalue weighted by atomic mass is 9.68. The molecule has 2 bridgehead atoms. The van der Waals surface area contributed by atoms with Crippen LogP contribution in [0.5, 0.6) is 0 Å². The van der Waals surface area contributed by atoms with Crippen LogP contribution in [0.25, 0.3) is 0 Å². The molecule has 0 aliphatic heterocycles. The van der Waals surface area contributed by atoms with Gasteiger partial charge in [0, 0.05) is 16.5 Å². The average molecular weight is 289 g/mol. The Hall–Kier alpha value is -0.960. The van der Waals surface area contributed by atoms with E-state index in [1.165, 1.54) is 19.3 Å². The van der Waals surface area contributed by atoms with Crippen molar-refractivity contribution in [3.63, 3.8) is 0 Å². The molecule has 108 valence electrons. The van der Waals surface area contributed by atoms with E-state index < -0.39 is 0 Å². The second-order valence-electron chi connectivity index (χ2n) is 7.37. The standard InChI is InChI=1S/C17H23NOS/c1-16(2)12-7-8-17(3,10-12)15(16)18-14(19)11-5-4-6-13(20)9-11/h4-6,9,12,15,20H,7-8,10H2,1-3H3,(H,18,19). The summed E-state index contributed by atoms with van der Waals surface area (Å²) in [6, 6.07) is 7.73. The average Bonchev–Trinajstić information content (AvgIpc) is 2.85. The number of benzene rings is 1. The lowest BCUT2D eigenvalue weighted by molar-refractivity contribution is 0.0737. The molecule has 0 radical (unpaired) electrons. The number of fused-ring (bicyclic) bond motifs is 2. The number of amides is 1. The Morgan fingerprint density at radius 3 is 2.70 bits per heavy atom. The summed E-state index contributed by atoms with van der Waals surface area (Å²) >= 11 is 4.31. The molecule has 3 unspecified atom stereocenters. The molecule has 1 aromatic carbocycles. The van der Waals surface area contributed by atoms with Gasteiger partial charge in [-0.05, 0) is 54.2 Å². The van der Waals surface area contributed by atoms with E-state index in [2.05, 4.69) is 38.7 Å². The highest BCUT2D eigenvalue weighted by Gasteiger charge is 2.59. The molecule has 0 spiro atoms. The first-order valence-corrected chi connectivity index (χ1v) is 7.87. The fourth-order valence-corrected chi connectivity index (χ4v) is 4.75. The minimum Gasteiger partial charge on any atom is -0.348 e. The molecular formula is C17H23NOS. The molecule has 20 heavy (non-hydrogen) atoms. The summed E-state index contributed by atoms with van der Waals surface area (Å²) in [5.74, 6) is 0.779. The normalized spacial score (nSPS) is 34.2. The van der Waals surface area contributed by atoms with E-state index in [1.54, 1.807) is 0 Å². The van der Waals surface area contributed by atoms with Crippen molar-refractivity contribution in [2.75, 3.05) is 0 Å². The van der Waals surface area contributed by atoms with Gasteiger partial charge in [-0.3, -0.25) is 4.79 Å². The summed E-state index contributed by atoms with van der Waals surface area (Å²) in [7, 11) is 0. The summed E-state index contributed by atoms with van der Waals surface area (Å²) in [5.41, 5.74) is 1.17. The zero-order valence-electron chi connectivity index (χ0n) is 12.4. The molecule has 3 rings (SSSR count). The highest BCUT2D eigenvalue weighted by molar-refractivity contribution is 7.80. The molecule has 2 fully saturated rings. The van der Waals surface area contributed by atoms with Gasteiger partial charge in [0.1, 0.15) is 0 Å². The van der Waals surface area contributed by atoms with Gasteiger partial charge in [0.15, 0.2) is 0 Å². The molecule has 1 amide bonds. The van der Waals surface area contributed by atoms with Gasteiger partial charge in [0.05, 0.1) is 0 Å². The van der Waals surface area contributed by atoms with Crippen molar-refractivity contribution in [2.24, 2.45) is 16.7 Å². The van der Waals surface area contributed by atoms with Gasteiger partial charge in [-0.1, -0.05) is 26.8 Å². The van der Waals surface area contributed by atoms with Gasteiger partial charge in [0.2, 0.25) is 0 Å². The predicted octanol–water partition coefficient (Wildman–Crippen LogP) is 3.92. The van der Waals surface area contributed by atoms with Crippen LogP contribution in [0.4, 0.5) is 0 Å². The van der Waals surface area contributed by atoms with Gasteiger partial charge in [-0.15, -0.1) is 12.6 Å². The largest absolute Gasteiger partial charge is 0.348 e. The number of carbonyl (C=O) groups is 1. The van der Waals surface area contributed by atoms with Gasteiger partial charge in [-0.25, -0.2) is 0 Å². The number of thiol groups is 1. The summed E-state index contributed by atoms with van der Waals surface area (Å²) < 4.78 is 0. The minimum atomic E-state index is 0.0350. The van der Waals surface area contributed by atoms with Gasteiger partial charge in [0.25, 0.3) is 5.91 Å². The van der Waals surface area contributed by atoms with Crippen LogP contribution in [0, 0.1) is 16.7 Å². The van der Waals surface area contributed by atoms with Gasteiger partial charge < -0.3 is 5.32 Å². The van der Waals surface area contributed by atoms with E-state index in [4.69, 9.17) is 0 Å². The van der Waals surface area contributed by atoms with E-state index in [0.717, 1.165) is 10.8 Å². The fourth-order valence-electron chi connectivity index (χ4n) is 4.52. The van der Waals surface area contributed by atoms with Crippen LogP contribution in [0.2, 0.25) is 0 Å². The summed E-state index contributed by atoms with van der Waals surface area (Å²) in [6.07, 6.45) is 3.79. The maximum absolute atomic E-state index is 12.5. The van der Waals surface area contributed by atoms with Crippen molar-refractivity contribution in [1.82, 2.24) is 5.32 Å². The number of rotatable bonds is 2. The number of nitrogens with one attached hydrogen (secondary N) is 1. The molecule has 1 N–H and O–H groups in total. The summed E-state index contributed by atoms with van der Waals surface area (Å²) in [6.45, 7) is 6.95. The molecule has 2 saturated carbocycles. The molecule has 3 heteroatoms. The first kappa shape index (κ1) is 14.0. The molecule has 0 aromatic heterocycles. The first-order valence-electron chi connectivity index (χ1n) is 7.43. The maximum atomic E-state index is 12.5. The molecule has 2 aliphatic rings. The van der Waals surface area contributed by atoms with E-state index in [1.807, 2.05) is 24.3 Å². The summed E-state index contributed by atoms with van der Waals surface area (Å²) in [5, 5.41) is 3.31. The zero-order chi connectivity index (χ0) is 14.5. The van der Waals surface area contributed by atoms with Crippen molar-refractivity contribution in [2.45, 2.75) is 51.0 Å². The van der Waals surface area contributed by atoms with Crippen molar-refractivity contribution in [3.8, 4) is 0 Å². The monoisotopic (exact) mass is 289 g/mol. The molecular weight excluding hydrogens is 266 g/mol. The Kier molecular flexibility index (Phi) is 3.16. The van der Waals surface area contributed by atoms with E-state index in [9.17, 15) is 4.79 Å². The molecule has 0 saturated heterocycles. The maximum Gasteiger partial charge on any atom is 0.251 e. The number of hydrogen-bond acceptors (Lipinski definition) is 2. The highest BCUT2D eigenvalue weighted by Crippen LogP contribution is 2.62. The van der Waals surface area contributed by atoms with Crippen LogP contribution < -0.4 is 5.32 Å². The molecule has 3 atom stereocenters. The quantitative estimate of drug-likeness (QED) is 0.794. The van der Waals surface area contributed by atoms with Gasteiger partial charge in [-0.2, -0.15) is 0 Å². The van der Waals surface area contributed by atoms with Crippen molar-refractivity contribution in [3.05, 3.63) is 29.8 Å². The van der Waals surface area contributed by atoms with E-state index in [0.29, 0.717) is 5.56 Å². The summed E-state index contributed by atoms with van der Waals surface area (Å²) in [4.78, 5) is 13.3. The van der Waals surface area contributed by atoms with Crippen LogP contribution in [0.1, 0.15) is 50.4 Å².